The Morgan fingerprint density at radius 3 is 2.17 bits per heavy atom. The predicted octanol–water partition coefficient (Wildman–Crippen LogP) is 2.61. The minimum atomic E-state index is -0.447. The first-order valence-electron chi connectivity index (χ1n) is 8.85. The molecule has 4 nitrogen and oxygen atoms in total. The highest BCUT2D eigenvalue weighted by molar-refractivity contribution is 5.75. The van der Waals surface area contributed by atoms with Crippen LogP contribution in [0.25, 0.3) is 0 Å². The number of benzene rings is 1. The zero-order valence-corrected chi connectivity index (χ0v) is 13.6. The Labute approximate surface area is 137 Å². The van der Waals surface area contributed by atoms with E-state index in [2.05, 4.69) is 17.4 Å². The van der Waals surface area contributed by atoms with Crippen molar-refractivity contribution in [2.24, 2.45) is 23.5 Å². The van der Waals surface area contributed by atoms with Gasteiger partial charge in [-0.3, -0.25) is 4.79 Å². The molecule has 1 aromatic rings. The molecule has 4 fully saturated rings. The normalized spacial score (nSPS) is 34.5. The summed E-state index contributed by atoms with van der Waals surface area (Å²) in [5.41, 5.74) is 6.76. The van der Waals surface area contributed by atoms with E-state index in [1.807, 2.05) is 12.1 Å². The van der Waals surface area contributed by atoms with Crippen molar-refractivity contribution in [2.75, 3.05) is 6.61 Å². The van der Waals surface area contributed by atoms with E-state index in [1.54, 1.807) is 0 Å². The molecule has 0 aliphatic heterocycles. The van der Waals surface area contributed by atoms with Gasteiger partial charge in [-0.1, -0.05) is 12.1 Å². The highest BCUT2D eigenvalue weighted by Gasteiger charge is 2.50. The summed E-state index contributed by atoms with van der Waals surface area (Å²) >= 11 is 0. The van der Waals surface area contributed by atoms with Gasteiger partial charge in [-0.2, -0.15) is 0 Å². The summed E-state index contributed by atoms with van der Waals surface area (Å²) in [6.07, 6.45) is 8.56. The summed E-state index contributed by atoms with van der Waals surface area (Å²) in [5, 5.41) is 3.90. The van der Waals surface area contributed by atoms with Crippen LogP contribution >= 0.6 is 0 Å². The second-order valence-corrected chi connectivity index (χ2v) is 7.95. The van der Waals surface area contributed by atoms with E-state index in [-0.39, 0.29) is 6.61 Å². The molecule has 4 aliphatic rings. The predicted molar refractivity (Wildman–Crippen MR) is 88.9 cm³/mol. The van der Waals surface area contributed by atoms with Gasteiger partial charge in [-0.25, -0.2) is 0 Å². The zero-order valence-electron chi connectivity index (χ0n) is 13.6. The number of ether oxygens (including phenoxy) is 1. The molecule has 1 amide bonds. The van der Waals surface area contributed by atoms with Crippen LogP contribution in [0.2, 0.25) is 0 Å². The summed E-state index contributed by atoms with van der Waals surface area (Å²) in [4.78, 5) is 10.7. The maximum Gasteiger partial charge on any atom is 0.255 e. The average molecular weight is 314 g/mol. The molecule has 4 heteroatoms. The van der Waals surface area contributed by atoms with Gasteiger partial charge in [0.15, 0.2) is 6.61 Å². The number of nitrogens with two attached hydrogens (primary N) is 1. The monoisotopic (exact) mass is 314 g/mol. The first-order chi connectivity index (χ1) is 11.1. The molecule has 5 rings (SSSR count). The molecule has 0 saturated heterocycles. The van der Waals surface area contributed by atoms with Crippen LogP contribution in [0.5, 0.6) is 5.75 Å². The van der Waals surface area contributed by atoms with Gasteiger partial charge < -0.3 is 15.8 Å². The Balaban J connectivity index is 1.35. The molecule has 4 saturated carbocycles. The van der Waals surface area contributed by atoms with Gasteiger partial charge in [0.2, 0.25) is 0 Å². The number of carbonyl (C=O) groups excluding carboxylic acids is 1. The van der Waals surface area contributed by atoms with Gasteiger partial charge >= 0.3 is 0 Å². The van der Waals surface area contributed by atoms with Gasteiger partial charge in [0.25, 0.3) is 5.91 Å². The van der Waals surface area contributed by atoms with Crippen LogP contribution in [-0.4, -0.2) is 18.1 Å². The number of rotatable bonds is 6. The Bertz CT molecular complexity index is 546. The van der Waals surface area contributed by atoms with E-state index >= 15 is 0 Å². The third kappa shape index (κ3) is 3.23. The van der Waals surface area contributed by atoms with Crippen LogP contribution in [0, 0.1) is 17.8 Å². The lowest BCUT2D eigenvalue weighted by molar-refractivity contribution is -0.119. The molecular formula is C19H26N2O2. The topological polar surface area (TPSA) is 64.4 Å². The molecule has 3 N–H and O–H groups in total. The molecule has 23 heavy (non-hydrogen) atoms. The van der Waals surface area contributed by atoms with E-state index < -0.39 is 5.91 Å². The third-order valence-electron chi connectivity index (χ3n) is 6.01. The second kappa shape index (κ2) is 5.82. The number of hydrogen-bond donors (Lipinski definition) is 2. The summed E-state index contributed by atoms with van der Waals surface area (Å²) in [6, 6.07) is 7.98. The maximum atomic E-state index is 10.7. The number of hydrogen-bond acceptors (Lipinski definition) is 3. The molecule has 0 atom stereocenters. The first-order valence-corrected chi connectivity index (χ1v) is 8.85. The largest absolute Gasteiger partial charge is 0.484 e. The first kappa shape index (κ1) is 15.0. The lowest BCUT2D eigenvalue weighted by Crippen LogP contribution is -2.58. The Morgan fingerprint density at radius 1 is 1.09 bits per heavy atom. The van der Waals surface area contributed by atoms with Gasteiger partial charge in [0.1, 0.15) is 5.75 Å². The Morgan fingerprint density at radius 2 is 1.65 bits per heavy atom. The summed E-state index contributed by atoms with van der Waals surface area (Å²) < 4.78 is 5.31. The van der Waals surface area contributed by atoms with Crippen LogP contribution in [0.3, 0.4) is 0 Å². The zero-order chi connectivity index (χ0) is 15.9. The lowest BCUT2D eigenvalue weighted by atomic mass is 9.53. The fourth-order valence-corrected chi connectivity index (χ4v) is 5.47. The smallest absolute Gasteiger partial charge is 0.255 e. The van der Waals surface area contributed by atoms with E-state index in [0.29, 0.717) is 11.3 Å². The second-order valence-electron chi connectivity index (χ2n) is 7.95. The molecular weight excluding hydrogens is 288 g/mol. The summed E-state index contributed by atoms with van der Waals surface area (Å²) in [7, 11) is 0. The van der Waals surface area contributed by atoms with Crippen molar-refractivity contribution >= 4 is 5.91 Å². The van der Waals surface area contributed by atoms with Crippen molar-refractivity contribution in [3.05, 3.63) is 29.8 Å². The molecule has 0 heterocycles. The number of primary amides is 1. The Hall–Kier alpha value is -1.55. The van der Waals surface area contributed by atoms with Crippen LogP contribution in [0.1, 0.15) is 44.1 Å². The molecule has 4 bridgehead atoms. The van der Waals surface area contributed by atoms with Crippen molar-refractivity contribution in [1.29, 1.82) is 0 Å². The number of nitrogens with one attached hydrogen (secondary N) is 1. The van der Waals surface area contributed by atoms with E-state index in [1.165, 1.54) is 44.1 Å². The van der Waals surface area contributed by atoms with Crippen molar-refractivity contribution in [3.63, 3.8) is 0 Å². The highest BCUT2D eigenvalue weighted by atomic mass is 16.5. The van der Waals surface area contributed by atoms with Crippen LogP contribution in [0.4, 0.5) is 0 Å². The van der Waals surface area contributed by atoms with Gasteiger partial charge in [-0.05, 0) is 74.0 Å². The summed E-state index contributed by atoms with van der Waals surface area (Å²) in [6.45, 7) is 0.854. The molecule has 4 aliphatic carbocycles. The standard InChI is InChI=1S/C19H26N2O2/c20-18(22)12-23-17-3-1-13(2-4-17)11-21-19-8-14-5-15(9-19)7-16(6-14)10-19/h1-4,14-16,21H,5-12H2,(H2,20,22). The molecule has 0 radical (unpaired) electrons. The van der Waals surface area contributed by atoms with Gasteiger partial charge in [0, 0.05) is 12.1 Å². The van der Waals surface area contributed by atoms with Crippen LogP contribution < -0.4 is 15.8 Å². The fraction of sp³-hybridized carbons (Fsp3) is 0.632. The summed E-state index contributed by atoms with van der Waals surface area (Å²) in [5.74, 6) is 3.16. The molecule has 0 unspecified atom stereocenters. The van der Waals surface area contributed by atoms with Crippen molar-refractivity contribution in [1.82, 2.24) is 5.32 Å². The highest BCUT2D eigenvalue weighted by Crippen LogP contribution is 2.55. The maximum absolute atomic E-state index is 10.7. The molecule has 0 spiro atoms. The van der Waals surface area contributed by atoms with Crippen molar-refractivity contribution in [2.45, 2.75) is 50.6 Å². The van der Waals surface area contributed by atoms with Crippen LogP contribution in [-0.2, 0) is 11.3 Å². The quantitative estimate of drug-likeness (QED) is 0.848. The van der Waals surface area contributed by atoms with Gasteiger partial charge in [-0.15, -0.1) is 0 Å². The molecule has 0 aromatic heterocycles. The number of carbonyl (C=O) groups is 1. The molecule has 124 valence electrons. The third-order valence-corrected chi connectivity index (χ3v) is 6.01. The van der Waals surface area contributed by atoms with Crippen molar-refractivity contribution < 1.29 is 9.53 Å². The van der Waals surface area contributed by atoms with Gasteiger partial charge in [0.05, 0.1) is 0 Å². The molecule has 1 aromatic carbocycles. The lowest BCUT2D eigenvalue weighted by Gasteiger charge is -2.57. The Kier molecular flexibility index (Phi) is 3.80. The number of amides is 1. The van der Waals surface area contributed by atoms with E-state index in [0.717, 1.165) is 24.3 Å². The minimum Gasteiger partial charge on any atom is -0.484 e. The fourth-order valence-electron chi connectivity index (χ4n) is 5.47. The SMILES string of the molecule is NC(=O)COc1ccc(CNC23CC4CC(CC(C4)C2)C3)cc1. The van der Waals surface area contributed by atoms with Crippen molar-refractivity contribution in [3.8, 4) is 5.75 Å². The average Bonchev–Trinajstić information content (AvgIpc) is 2.51. The van der Waals surface area contributed by atoms with E-state index in [9.17, 15) is 4.79 Å². The van der Waals surface area contributed by atoms with E-state index in [4.69, 9.17) is 10.5 Å². The van der Waals surface area contributed by atoms with Crippen LogP contribution in [0.15, 0.2) is 24.3 Å². The minimum absolute atomic E-state index is 0.0646.